The lowest BCUT2D eigenvalue weighted by molar-refractivity contribution is 0.0756. The van der Waals surface area contributed by atoms with Crippen molar-refractivity contribution in [2.75, 3.05) is 32.0 Å². The van der Waals surface area contributed by atoms with Crippen LogP contribution in [0.5, 0.6) is 0 Å². The number of carbonyl (C=O) groups is 1. The van der Waals surface area contributed by atoms with Gasteiger partial charge in [-0.05, 0) is 25.0 Å². The molecule has 2 aromatic heterocycles. The van der Waals surface area contributed by atoms with E-state index in [4.69, 9.17) is 20.6 Å². The van der Waals surface area contributed by atoms with Gasteiger partial charge in [0.15, 0.2) is 5.82 Å². The number of amides is 1. The Labute approximate surface area is 146 Å². The molecular weight excluding hydrogens is 320 g/mol. The van der Waals surface area contributed by atoms with Crippen LogP contribution >= 0.6 is 0 Å². The molecule has 0 bridgehead atoms. The summed E-state index contributed by atoms with van der Waals surface area (Å²) in [5.41, 5.74) is 6.15. The van der Waals surface area contributed by atoms with Gasteiger partial charge >= 0.3 is 0 Å². The first kappa shape index (κ1) is 16.0. The summed E-state index contributed by atoms with van der Waals surface area (Å²) in [5.74, 6) is 2.68. The molecule has 25 heavy (non-hydrogen) atoms. The molecule has 4 rings (SSSR count). The van der Waals surface area contributed by atoms with Crippen LogP contribution in [0.3, 0.4) is 0 Å². The van der Waals surface area contributed by atoms with E-state index >= 15 is 0 Å². The molecule has 0 radical (unpaired) electrons. The van der Waals surface area contributed by atoms with Crippen LogP contribution in [0.4, 0.5) is 5.82 Å². The predicted octanol–water partition coefficient (Wildman–Crippen LogP) is 0.848. The first-order valence-electron chi connectivity index (χ1n) is 8.73. The zero-order chi connectivity index (χ0) is 17.2. The van der Waals surface area contributed by atoms with Crippen LogP contribution in [-0.4, -0.2) is 56.9 Å². The Morgan fingerprint density at radius 2 is 2.04 bits per heavy atom. The van der Waals surface area contributed by atoms with Crippen LogP contribution in [0.15, 0.2) is 18.3 Å². The Balaban J connectivity index is 1.44. The quantitative estimate of drug-likeness (QED) is 0.868. The second-order valence-corrected chi connectivity index (χ2v) is 6.51. The van der Waals surface area contributed by atoms with E-state index in [9.17, 15) is 4.79 Å². The van der Waals surface area contributed by atoms with Gasteiger partial charge in [-0.2, -0.15) is 5.10 Å². The number of nitrogen functional groups attached to an aromatic ring is 1. The number of nitrogens with two attached hydrogens (primary N) is 1. The molecule has 4 heterocycles. The first-order chi connectivity index (χ1) is 12.2. The van der Waals surface area contributed by atoms with Gasteiger partial charge < -0.3 is 15.4 Å². The summed E-state index contributed by atoms with van der Waals surface area (Å²) >= 11 is 0. The smallest absolute Gasteiger partial charge is 0.255 e. The number of ether oxygens (including phenoxy) is 1. The number of anilines is 1. The van der Waals surface area contributed by atoms with E-state index in [-0.39, 0.29) is 5.91 Å². The van der Waals surface area contributed by atoms with Gasteiger partial charge in [-0.3, -0.25) is 4.79 Å². The van der Waals surface area contributed by atoms with Crippen LogP contribution in [0.2, 0.25) is 0 Å². The van der Waals surface area contributed by atoms with E-state index in [1.807, 2.05) is 9.58 Å². The van der Waals surface area contributed by atoms with Gasteiger partial charge in [0, 0.05) is 44.8 Å². The lowest BCUT2D eigenvalue weighted by Gasteiger charge is -2.20. The average molecular weight is 342 g/mol. The highest BCUT2D eigenvalue weighted by molar-refractivity contribution is 5.94. The minimum Gasteiger partial charge on any atom is -0.384 e. The summed E-state index contributed by atoms with van der Waals surface area (Å²) in [6.45, 7) is 3.49. The molecule has 0 atom stereocenters. The third-order valence-electron chi connectivity index (χ3n) is 4.86. The molecule has 0 saturated carbocycles. The van der Waals surface area contributed by atoms with Crippen molar-refractivity contribution in [3.05, 3.63) is 35.5 Å². The molecule has 8 nitrogen and oxygen atoms in total. The SMILES string of the molecule is Nc1ccc(C(=O)N2CCc3nc(C4CCOCC4)nn3CC2)cn1. The minimum atomic E-state index is -0.0251. The molecule has 1 saturated heterocycles. The van der Waals surface area contributed by atoms with Crippen molar-refractivity contribution in [2.24, 2.45) is 0 Å². The van der Waals surface area contributed by atoms with Crippen LogP contribution in [0.1, 0.15) is 40.8 Å². The van der Waals surface area contributed by atoms with Crippen molar-refractivity contribution in [3.8, 4) is 0 Å². The Morgan fingerprint density at radius 3 is 2.80 bits per heavy atom. The van der Waals surface area contributed by atoms with Crippen LogP contribution in [-0.2, 0) is 17.7 Å². The number of carbonyl (C=O) groups excluding carboxylic acids is 1. The molecule has 1 amide bonds. The average Bonchev–Trinajstić information content (AvgIpc) is 2.96. The summed E-state index contributed by atoms with van der Waals surface area (Å²) in [5, 5.41) is 4.70. The van der Waals surface area contributed by atoms with E-state index in [1.165, 1.54) is 6.20 Å². The second-order valence-electron chi connectivity index (χ2n) is 6.51. The second kappa shape index (κ2) is 6.79. The van der Waals surface area contributed by atoms with Gasteiger partial charge in [0.2, 0.25) is 0 Å². The van der Waals surface area contributed by atoms with E-state index < -0.39 is 0 Å². The highest BCUT2D eigenvalue weighted by Crippen LogP contribution is 2.25. The lowest BCUT2D eigenvalue weighted by atomic mass is 10.00. The fraction of sp³-hybridized carbons (Fsp3) is 0.529. The van der Waals surface area contributed by atoms with Crippen LogP contribution in [0.25, 0.3) is 0 Å². The van der Waals surface area contributed by atoms with E-state index in [1.54, 1.807) is 12.1 Å². The number of hydrogen-bond donors (Lipinski definition) is 1. The zero-order valence-electron chi connectivity index (χ0n) is 14.1. The topological polar surface area (TPSA) is 99.2 Å². The van der Waals surface area contributed by atoms with Crippen LogP contribution in [0, 0.1) is 0 Å². The molecule has 0 unspecified atom stereocenters. The largest absolute Gasteiger partial charge is 0.384 e. The molecule has 8 heteroatoms. The van der Waals surface area contributed by atoms with Crippen LogP contribution < -0.4 is 5.73 Å². The van der Waals surface area contributed by atoms with E-state index in [0.717, 1.165) is 37.7 Å². The highest BCUT2D eigenvalue weighted by Gasteiger charge is 2.25. The Bertz CT molecular complexity index is 725. The summed E-state index contributed by atoms with van der Waals surface area (Å²) < 4.78 is 7.37. The lowest BCUT2D eigenvalue weighted by Crippen LogP contribution is -2.33. The number of aromatic nitrogens is 4. The Morgan fingerprint density at radius 1 is 1.20 bits per heavy atom. The molecule has 1 fully saturated rings. The fourth-order valence-electron chi connectivity index (χ4n) is 3.37. The normalized spacial score (nSPS) is 18.6. The summed E-state index contributed by atoms with van der Waals surface area (Å²) in [7, 11) is 0. The summed E-state index contributed by atoms with van der Waals surface area (Å²) in [6, 6.07) is 3.37. The highest BCUT2D eigenvalue weighted by atomic mass is 16.5. The van der Waals surface area contributed by atoms with Crippen molar-refractivity contribution in [1.29, 1.82) is 0 Å². The molecule has 0 aromatic carbocycles. The predicted molar refractivity (Wildman–Crippen MR) is 91.1 cm³/mol. The fourth-order valence-corrected chi connectivity index (χ4v) is 3.37. The van der Waals surface area contributed by atoms with Gasteiger partial charge in [-0.15, -0.1) is 0 Å². The Kier molecular flexibility index (Phi) is 4.35. The summed E-state index contributed by atoms with van der Waals surface area (Å²) in [6.07, 6.45) is 4.21. The van der Waals surface area contributed by atoms with Gasteiger partial charge in [-0.1, -0.05) is 0 Å². The monoisotopic (exact) mass is 342 g/mol. The molecular formula is C17H22N6O2. The molecule has 132 valence electrons. The van der Waals surface area contributed by atoms with Gasteiger partial charge in [0.05, 0.1) is 12.1 Å². The van der Waals surface area contributed by atoms with Crippen molar-refractivity contribution < 1.29 is 9.53 Å². The molecule has 0 aliphatic carbocycles. The third-order valence-corrected chi connectivity index (χ3v) is 4.86. The van der Waals surface area contributed by atoms with Crippen molar-refractivity contribution in [1.82, 2.24) is 24.6 Å². The molecule has 2 N–H and O–H groups in total. The van der Waals surface area contributed by atoms with Gasteiger partial charge in [0.25, 0.3) is 5.91 Å². The Hall–Kier alpha value is -2.48. The standard InChI is InChI=1S/C17H22N6O2/c18-14-2-1-13(11-19-14)17(24)22-6-3-15-20-16(21-23(15)8-7-22)12-4-9-25-10-5-12/h1-2,11-12H,3-10H2,(H2,18,19). The van der Waals surface area contributed by atoms with E-state index in [0.29, 0.717) is 43.4 Å². The van der Waals surface area contributed by atoms with Gasteiger partial charge in [0.1, 0.15) is 11.6 Å². The molecule has 2 aromatic rings. The third kappa shape index (κ3) is 3.34. The molecule has 2 aliphatic heterocycles. The van der Waals surface area contributed by atoms with Crippen molar-refractivity contribution >= 4 is 11.7 Å². The maximum atomic E-state index is 12.6. The van der Waals surface area contributed by atoms with Crippen molar-refractivity contribution in [2.45, 2.75) is 31.7 Å². The first-order valence-corrected chi connectivity index (χ1v) is 8.73. The number of rotatable bonds is 2. The maximum Gasteiger partial charge on any atom is 0.255 e. The minimum absolute atomic E-state index is 0.0251. The maximum absolute atomic E-state index is 12.6. The number of nitrogens with zero attached hydrogens (tertiary/aromatic N) is 5. The number of fused-ring (bicyclic) bond motifs is 1. The molecule has 2 aliphatic rings. The van der Waals surface area contributed by atoms with Gasteiger partial charge in [-0.25, -0.2) is 14.6 Å². The number of pyridine rings is 1. The summed E-state index contributed by atoms with van der Waals surface area (Å²) in [4.78, 5) is 23.2. The zero-order valence-corrected chi connectivity index (χ0v) is 14.1. The van der Waals surface area contributed by atoms with E-state index in [2.05, 4.69) is 4.98 Å². The molecule has 0 spiro atoms. The number of hydrogen-bond acceptors (Lipinski definition) is 6. The van der Waals surface area contributed by atoms with Crippen molar-refractivity contribution in [3.63, 3.8) is 0 Å².